The van der Waals surface area contributed by atoms with Gasteiger partial charge in [-0.1, -0.05) is 0 Å². The third-order valence-electron chi connectivity index (χ3n) is 4.31. The van der Waals surface area contributed by atoms with Gasteiger partial charge < -0.3 is 15.1 Å². The smallest absolute Gasteiger partial charge is 0.253 e. The summed E-state index contributed by atoms with van der Waals surface area (Å²) < 4.78 is 0. The van der Waals surface area contributed by atoms with Crippen LogP contribution in [0.3, 0.4) is 0 Å². The van der Waals surface area contributed by atoms with E-state index < -0.39 is 0 Å². The number of rotatable bonds is 2. The van der Waals surface area contributed by atoms with Crippen LogP contribution in [0.15, 0.2) is 24.3 Å². The lowest BCUT2D eigenvalue weighted by molar-refractivity contribution is 0.0781. The van der Waals surface area contributed by atoms with E-state index in [0.29, 0.717) is 11.8 Å². The molecule has 1 aromatic carbocycles. The zero-order valence-electron chi connectivity index (χ0n) is 11.6. The van der Waals surface area contributed by atoms with Crippen LogP contribution in [0.2, 0.25) is 0 Å². The van der Waals surface area contributed by atoms with Crippen LogP contribution in [-0.4, -0.2) is 51.1 Å². The van der Waals surface area contributed by atoms with Crippen LogP contribution in [-0.2, 0) is 0 Å². The number of hydrogen-bond donors (Lipinski definition) is 1. The van der Waals surface area contributed by atoms with E-state index in [0.717, 1.165) is 37.4 Å². The van der Waals surface area contributed by atoms with Crippen LogP contribution >= 0.6 is 0 Å². The van der Waals surface area contributed by atoms with Crippen molar-refractivity contribution in [3.8, 4) is 0 Å². The predicted molar refractivity (Wildman–Crippen MR) is 76.5 cm³/mol. The van der Waals surface area contributed by atoms with Gasteiger partial charge in [0.1, 0.15) is 0 Å². The molecule has 102 valence electrons. The Hall–Kier alpha value is -1.55. The average molecular weight is 259 g/mol. The molecule has 4 heteroatoms. The number of carbonyl (C=O) groups is 1. The first-order chi connectivity index (χ1) is 9.15. The standard InChI is InChI=1S/C15H21N3O/c1-17(2)14-5-3-11(4-6-14)15(19)18-9-12-7-16-8-13(12)10-18/h3-6,12-13,16H,7-10H2,1-2H3. The second-order valence-corrected chi connectivity index (χ2v) is 5.83. The largest absolute Gasteiger partial charge is 0.378 e. The molecular formula is C15H21N3O. The van der Waals surface area contributed by atoms with Crippen molar-refractivity contribution in [2.75, 3.05) is 45.2 Å². The molecule has 2 heterocycles. The molecule has 1 N–H and O–H groups in total. The zero-order valence-corrected chi connectivity index (χ0v) is 11.6. The van der Waals surface area contributed by atoms with Crippen LogP contribution in [0.1, 0.15) is 10.4 Å². The highest BCUT2D eigenvalue weighted by Crippen LogP contribution is 2.27. The van der Waals surface area contributed by atoms with Crippen molar-refractivity contribution in [1.29, 1.82) is 0 Å². The van der Waals surface area contributed by atoms with Gasteiger partial charge in [-0.3, -0.25) is 4.79 Å². The first-order valence-electron chi connectivity index (χ1n) is 6.92. The molecule has 2 atom stereocenters. The number of likely N-dealkylation sites (tertiary alicyclic amines) is 1. The Kier molecular flexibility index (Phi) is 3.19. The number of carbonyl (C=O) groups excluding carboxylic acids is 1. The number of nitrogens with zero attached hydrogens (tertiary/aromatic N) is 2. The first kappa shape index (κ1) is 12.5. The summed E-state index contributed by atoms with van der Waals surface area (Å²) >= 11 is 0. The summed E-state index contributed by atoms with van der Waals surface area (Å²) in [4.78, 5) is 16.5. The van der Waals surface area contributed by atoms with Gasteiger partial charge >= 0.3 is 0 Å². The van der Waals surface area contributed by atoms with Gasteiger partial charge in [0.05, 0.1) is 0 Å². The second kappa shape index (κ2) is 4.85. The topological polar surface area (TPSA) is 35.6 Å². The molecule has 1 amide bonds. The molecule has 0 aliphatic carbocycles. The zero-order chi connectivity index (χ0) is 13.4. The van der Waals surface area contributed by atoms with E-state index in [9.17, 15) is 4.79 Å². The molecule has 0 aromatic heterocycles. The van der Waals surface area contributed by atoms with Gasteiger partial charge in [0.25, 0.3) is 5.91 Å². The van der Waals surface area contributed by atoms with Crippen molar-refractivity contribution >= 4 is 11.6 Å². The molecule has 2 unspecified atom stereocenters. The van der Waals surface area contributed by atoms with Crippen molar-refractivity contribution in [2.45, 2.75) is 0 Å². The van der Waals surface area contributed by atoms with Gasteiger partial charge in [-0.2, -0.15) is 0 Å². The van der Waals surface area contributed by atoms with Gasteiger partial charge in [0.15, 0.2) is 0 Å². The van der Waals surface area contributed by atoms with E-state index in [1.807, 2.05) is 48.2 Å². The Balaban J connectivity index is 1.70. The Morgan fingerprint density at radius 1 is 1.16 bits per heavy atom. The van der Waals surface area contributed by atoms with E-state index in [-0.39, 0.29) is 5.91 Å². The highest BCUT2D eigenvalue weighted by Gasteiger charge is 2.38. The lowest BCUT2D eigenvalue weighted by Gasteiger charge is -2.18. The summed E-state index contributed by atoms with van der Waals surface area (Å²) in [5.41, 5.74) is 1.93. The Morgan fingerprint density at radius 3 is 2.26 bits per heavy atom. The average Bonchev–Trinajstić information content (AvgIpc) is 2.98. The van der Waals surface area contributed by atoms with E-state index in [1.165, 1.54) is 0 Å². The van der Waals surface area contributed by atoms with Gasteiger partial charge in [0.2, 0.25) is 0 Å². The summed E-state index contributed by atoms with van der Waals surface area (Å²) in [7, 11) is 4.01. The molecular weight excluding hydrogens is 238 g/mol. The number of anilines is 1. The highest BCUT2D eigenvalue weighted by molar-refractivity contribution is 5.94. The third-order valence-corrected chi connectivity index (χ3v) is 4.31. The van der Waals surface area contributed by atoms with Gasteiger partial charge in [-0.25, -0.2) is 0 Å². The lowest BCUT2D eigenvalue weighted by Crippen LogP contribution is -2.31. The molecule has 3 rings (SSSR count). The normalized spacial score (nSPS) is 25.5. The van der Waals surface area contributed by atoms with Crippen LogP contribution in [0.25, 0.3) is 0 Å². The van der Waals surface area contributed by atoms with Crippen molar-refractivity contribution in [2.24, 2.45) is 11.8 Å². The van der Waals surface area contributed by atoms with E-state index in [2.05, 4.69) is 5.32 Å². The summed E-state index contributed by atoms with van der Waals surface area (Å²) in [5, 5.41) is 3.40. The molecule has 4 nitrogen and oxygen atoms in total. The van der Waals surface area contributed by atoms with Crippen LogP contribution in [0, 0.1) is 11.8 Å². The van der Waals surface area contributed by atoms with Crippen LogP contribution < -0.4 is 10.2 Å². The number of benzene rings is 1. The SMILES string of the molecule is CN(C)c1ccc(C(=O)N2CC3CNCC3C2)cc1. The maximum Gasteiger partial charge on any atom is 0.253 e. The quantitative estimate of drug-likeness (QED) is 0.862. The maximum absolute atomic E-state index is 12.5. The van der Waals surface area contributed by atoms with E-state index in [4.69, 9.17) is 0 Å². The molecule has 0 spiro atoms. The minimum Gasteiger partial charge on any atom is -0.378 e. The molecule has 1 aromatic rings. The third kappa shape index (κ3) is 2.32. The molecule has 2 fully saturated rings. The van der Waals surface area contributed by atoms with E-state index in [1.54, 1.807) is 0 Å². The molecule has 0 bridgehead atoms. The monoisotopic (exact) mass is 259 g/mol. The first-order valence-corrected chi connectivity index (χ1v) is 6.92. The number of nitrogens with one attached hydrogen (secondary N) is 1. The van der Waals surface area contributed by atoms with E-state index >= 15 is 0 Å². The van der Waals surface area contributed by atoms with Gasteiger partial charge in [-0.15, -0.1) is 0 Å². The minimum atomic E-state index is 0.180. The number of hydrogen-bond acceptors (Lipinski definition) is 3. The summed E-state index contributed by atoms with van der Waals surface area (Å²) in [6.45, 7) is 3.94. The molecule has 2 saturated heterocycles. The lowest BCUT2D eigenvalue weighted by atomic mass is 10.0. The molecule has 0 saturated carbocycles. The van der Waals surface area contributed by atoms with Crippen molar-refractivity contribution in [3.63, 3.8) is 0 Å². The minimum absolute atomic E-state index is 0.180. The van der Waals surface area contributed by atoms with Crippen molar-refractivity contribution in [1.82, 2.24) is 10.2 Å². The number of fused-ring (bicyclic) bond motifs is 1. The predicted octanol–water partition coefficient (Wildman–Crippen LogP) is 1.04. The molecule has 0 radical (unpaired) electrons. The Morgan fingerprint density at radius 2 is 1.74 bits per heavy atom. The van der Waals surface area contributed by atoms with Crippen LogP contribution in [0.4, 0.5) is 5.69 Å². The van der Waals surface area contributed by atoms with Crippen molar-refractivity contribution < 1.29 is 4.79 Å². The molecule has 19 heavy (non-hydrogen) atoms. The van der Waals surface area contributed by atoms with Gasteiger partial charge in [-0.05, 0) is 36.1 Å². The van der Waals surface area contributed by atoms with Crippen molar-refractivity contribution in [3.05, 3.63) is 29.8 Å². The Labute approximate surface area is 114 Å². The summed E-state index contributed by atoms with van der Waals surface area (Å²) in [6.07, 6.45) is 0. The fraction of sp³-hybridized carbons (Fsp3) is 0.533. The summed E-state index contributed by atoms with van der Waals surface area (Å²) in [5.74, 6) is 1.50. The maximum atomic E-state index is 12.5. The van der Waals surface area contributed by atoms with Crippen LogP contribution in [0.5, 0.6) is 0 Å². The molecule has 2 aliphatic rings. The van der Waals surface area contributed by atoms with Gasteiger partial charge in [0, 0.05) is 51.5 Å². The molecule has 2 aliphatic heterocycles. The fourth-order valence-electron chi connectivity index (χ4n) is 3.11. The summed E-state index contributed by atoms with van der Waals surface area (Å²) in [6, 6.07) is 7.88. The Bertz CT molecular complexity index is 457. The fourth-order valence-corrected chi connectivity index (χ4v) is 3.11. The number of amides is 1. The second-order valence-electron chi connectivity index (χ2n) is 5.83. The highest BCUT2D eigenvalue weighted by atomic mass is 16.2.